The second-order valence-corrected chi connectivity index (χ2v) is 7.64. The van der Waals surface area contributed by atoms with Crippen LogP contribution >= 0.6 is 11.6 Å². The summed E-state index contributed by atoms with van der Waals surface area (Å²) >= 11 is 5.94. The first kappa shape index (κ1) is 22.3. The highest BCUT2D eigenvalue weighted by molar-refractivity contribution is 6.30. The zero-order valence-electron chi connectivity index (χ0n) is 17.6. The zero-order valence-corrected chi connectivity index (χ0v) is 18.4. The van der Waals surface area contributed by atoms with Crippen LogP contribution in [0.25, 0.3) is 11.2 Å². The van der Waals surface area contributed by atoms with Gasteiger partial charge in [-0.15, -0.1) is 0 Å². The van der Waals surface area contributed by atoms with Gasteiger partial charge in [0.2, 0.25) is 0 Å². The Kier molecular flexibility index (Phi) is 6.26. The maximum atomic E-state index is 13.3. The number of halogens is 1. The molecule has 0 saturated heterocycles. The minimum atomic E-state index is -0.563. The van der Waals surface area contributed by atoms with E-state index in [0.29, 0.717) is 10.7 Å². The molecule has 0 radical (unpaired) electrons. The number of imidazole rings is 1. The molecule has 0 aliphatic carbocycles. The van der Waals surface area contributed by atoms with Crippen molar-refractivity contribution in [3.05, 3.63) is 79.7 Å². The number of benzene rings is 1. The van der Waals surface area contributed by atoms with Gasteiger partial charge >= 0.3 is 11.7 Å². The fourth-order valence-electron chi connectivity index (χ4n) is 3.41. The SMILES string of the molecule is Cn1c(=O)n(CCCO)c(=O)c2c1nc(Oc1ccccc1C#N)n2Cc1ccc(Cl)cn1. The van der Waals surface area contributed by atoms with Gasteiger partial charge in [0, 0.05) is 26.4 Å². The molecule has 0 spiro atoms. The summed E-state index contributed by atoms with van der Waals surface area (Å²) in [5.41, 5.74) is 0.00718. The Morgan fingerprint density at radius 3 is 2.67 bits per heavy atom. The Bertz CT molecular complexity index is 1480. The lowest BCUT2D eigenvalue weighted by molar-refractivity contribution is 0.277. The molecule has 10 nitrogen and oxygen atoms in total. The van der Waals surface area contributed by atoms with Crippen molar-refractivity contribution in [2.24, 2.45) is 7.05 Å². The molecule has 0 bridgehead atoms. The largest absolute Gasteiger partial charge is 0.424 e. The van der Waals surface area contributed by atoms with Crippen LogP contribution in [0.4, 0.5) is 0 Å². The molecule has 4 aromatic rings. The van der Waals surface area contributed by atoms with Crippen molar-refractivity contribution < 1.29 is 9.84 Å². The van der Waals surface area contributed by atoms with Crippen molar-refractivity contribution in [3.63, 3.8) is 0 Å². The number of aromatic nitrogens is 5. The highest BCUT2D eigenvalue weighted by atomic mass is 35.5. The fourth-order valence-corrected chi connectivity index (χ4v) is 3.52. The van der Waals surface area contributed by atoms with Crippen LogP contribution in [0.1, 0.15) is 17.7 Å². The number of aliphatic hydroxyl groups is 1. The second-order valence-electron chi connectivity index (χ2n) is 7.21. The Balaban J connectivity index is 1.96. The molecule has 0 amide bonds. The summed E-state index contributed by atoms with van der Waals surface area (Å²) in [6, 6.07) is 12.1. The van der Waals surface area contributed by atoms with Crippen molar-refractivity contribution in [3.8, 4) is 17.8 Å². The number of para-hydroxylation sites is 1. The van der Waals surface area contributed by atoms with E-state index in [0.717, 1.165) is 4.57 Å². The Hall–Kier alpha value is -3.94. The van der Waals surface area contributed by atoms with E-state index in [1.807, 2.05) is 0 Å². The highest BCUT2D eigenvalue weighted by Crippen LogP contribution is 2.27. The normalized spacial score (nSPS) is 11.0. The van der Waals surface area contributed by atoms with Gasteiger partial charge in [0.1, 0.15) is 11.8 Å². The summed E-state index contributed by atoms with van der Waals surface area (Å²) in [5.74, 6) is 0.256. The summed E-state index contributed by atoms with van der Waals surface area (Å²) in [5, 5.41) is 19.0. The molecule has 0 atom stereocenters. The second kappa shape index (κ2) is 9.28. The van der Waals surface area contributed by atoms with Gasteiger partial charge in [-0.1, -0.05) is 23.7 Å². The van der Waals surface area contributed by atoms with E-state index < -0.39 is 11.2 Å². The number of rotatable bonds is 7. The zero-order chi connectivity index (χ0) is 23.5. The van der Waals surface area contributed by atoms with Crippen LogP contribution in [0.15, 0.2) is 52.2 Å². The van der Waals surface area contributed by atoms with E-state index in [2.05, 4.69) is 16.0 Å². The molecular formula is C22H19ClN6O4. The van der Waals surface area contributed by atoms with Gasteiger partial charge in [0.25, 0.3) is 5.56 Å². The van der Waals surface area contributed by atoms with E-state index in [9.17, 15) is 20.0 Å². The molecule has 1 N–H and O–H groups in total. The predicted octanol–water partition coefficient (Wildman–Crippen LogP) is 2.04. The first-order valence-corrected chi connectivity index (χ1v) is 10.4. The summed E-state index contributed by atoms with van der Waals surface area (Å²) in [6.07, 6.45) is 1.73. The quantitative estimate of drug-likeness (QED) is 0.441. The minimum Gasteiger partial charge on any atom is -0.424 e. The molecule has 3 heterocycles. The molecule has 11 heteroatoms. The van der Waals surface area contributed by atoms with E-state index in [4.69, 9.17) is 16.3 Å². The monoisotopic (exact) mass is 466 g/mol. The summed E-state index contributed by atoms with van der Waals surface area (Å²) in [4.78, 5) is 34.8. The van der Waals surface area contributed by atoms with Gasteiger partial charge in [0.15, 0.2) is 11.2 Å². The number of nitrogens with zero attached hydrogens (tertiary/aromatic N) is 6. The molecule has 33 heavy (non-hydrogen) atoms. The smallest absolute Gasteiger partial charge is 0.332 e. The number of aliphatic hydroxyl groups excluding tert-OH is 1. The average Bonchev–Trinajstić information content (AvgIpc) is 3.17. The first-order chi connectivity index (χ1) is 15.9. The molecule has 1 aromatic carbocycles. The van der Waals surface area contributed by atoms with Crippen LogP contribution in [0.5, 0.6) is 11.8 Å². The predicted molar refractivity (Wildman–Crippen MR) is 121 cm³/mol. The number of ether oxygens (including phenoxy) is 1. The van der Waals surface area contributed by atoms with Crippen LogP contribution in [0.3, 0.4) is 0 Å². The van der Waals surface area contributed by atoms with Crippen LogP contribution in [-0.4, -0.2) is 35.4 Å². The molecule has 0 unspecified atom stereocenters. The third-order valence-corrected chi connectivity index (χ3v) is 5.28. The number of hydrogen-bond donors (Lipinski definition) is 1. The molecule has 168 valence electrons. The average molecular weight is 467 g/mol. The lowest BCUT2D eigenvalue weighted by Gasteiger charge is -2.11. The molecule has 0 aliphatic heterocycles. The van der Waals surface area contributed by atoms with Crippen LogP contribution in [-0.2, 0) is 20.1 Å². The summed E-state index contributed by atoms with van der Waals surface area (Å²) < 4.78 is 9.77. The molecule has 4 rings (SSSR count). The van der Waals surface area contributed by atoms with Gasteiger partial charge < -0.3 is 9.84 Å². The number of hydrogen-bond acceptors (Lipinski definition) is 7. The van der Waals surface area contributed by atoms with Crippen LogP contribution in [0, 0.1) is 11.3 Å². The maximum absolute atomic E-state index is 13.3. The van der Waals surface area contributed by atoms with Gasteiger partial charge in [-0.05, 0) is 30.7 Å². The fraction of sp³-hybridized carbons (Fsp3) is 0.227. The van der Waals surface area contributed by atoms with E-state index >= 15 is 0 Å². The van der Waals surface area contributed by atoms with Gasteiger partial charge in [-0.25, -0.2) is 4.79 Å². The number of fused-ring (bicyclic) bond motifs is 1. The minimum absolute atomic E-state index is 0.0245. The van der Waals surface area contributed by atoms with Crippen molar-refractivity contribution in [2.45, 2.75) is 19.5 Å². The first-order valence-electron chi connectivity index (χ1n) is 10.0. The molecule has 0 fully saturated rings. The van der Waals surface area contributed by atoms with Gasteiger partial charge in [0.05, 0.1) is 22.8 Å². The molecule has 3 aromatic heterocycles. The number of aryl methyl sites for hydroxylation is 1. The van der Waals surface area contributed by atoms with Crippen molar-refractivity contribution in [1.82, 2.24) is 23.7 Å². The number of pyridine rings is 1. The standard InChI is InChI=1S/C22H19ClN6O4/c1-27-19-18(20(31)28(22(27)32)9-4-10-30)29(13-16-8-7-15(23)12-25-16)21(26-19)33-17-6-3-2-5-14(17)11-24/h2-3,5-8,12,30H,4,9-10,13H2,1H3. The lowest BCUT2D eigenvalue weighted by Crippen LogP contribution is -2.39. The molecular weight excluding hydrogens is 448 g/mol. The molecule has 0 aliphatic rings. The van der Waals surface area contributed by atoms with Crippen LogP contribution < -0.4 is 16.0 Å². The summed E-state index contributed by atoms with van der Waals surface area (Å²) in [7, 11) is 1.50. The van der Waals surface area contributed by atoms with E-state index in [-0.39, 0.29) is 54.6 Å². The number of nitriles is 1. The topological polar surface area (TPSA) is 128 Å². The third kappa shape index (κ3) is 4.24. The third-order valence-electron chi connectivity index (χ3n) is 5.05. The van der Waals surface area contributed by atoms with Crippen molar-refractivity contribution in [2.75, 3.05) is 6.61 Å². The van der Waals surface area contributed by atoms with Gasteiger partial charge in [-0.3, -0.25) is 23.5 Å². The summed E-state index contributed by atoms with van der Waals surface area (Å²) in [6.45, 7) is -0.0121. The lowest BCUT2D eigenvalue weighted by atomic mass is 10.2. The Morgan fingerprint density at radius 1 is 1.18 bits per heavy atom. The Labute approximate surface area is 192 Å². The van der Waals surface area contributed by atoms with E-state index in [1.165, 1.54) is 22.4 Å². The Morgan fingerprint density at radius 2 is 1.97 bits per heavy atom. The maximum Gasteiger partial charge on any atom is 0.332 e. The van der Waals surface area contributed by atoms with Crippen molar-refractivity contribution in [1.29, 1.82) is 5.26 Å². The van der Waals surface area contributed by atoms with Crippen LogP contribution in [0.2, 0.25) is 5.02 Å². The molecule has 0 saturated carbocycles. The van der Waals surface area contributed by atoms with Crippen molar-refractivity contribution >= 4 is 22.8 Å². The highest BCUT2D eigenvalue weighted by Gasteiger charge is 2.22. The van der Waals surface area contributed by atoms with Gasteiger partial charge in [-0.2, -0.15) is 10.2 Å². The van der Waals surface area contributed by atoms with E-state index in [1.54, 1.807) is 36.4 Å².